The average molecular weight is 287 g/mol. The normalized spacial score (nSPS) is 13.2. The quantitative estimate of drug-likeness (QED) is 0.703. The Morgan fingerprint density at radius 1 is 1.37 bits per heavy atom. The topological polar surface area (TPSA) is 104 Å². The molecule has 0 aliphatic heterocycles. The van der Waals surface area contributed by atoms with Gasteiger partial charge in [0.05, 0.1) is 4.90 Å². The molecule has 0 aromatic heterocycles. The molecule has 3 N–H and O–H groups in total. The maximum atomic E-state index is 12.1. The highest BCUT2D eigenvalue weighted by atomic mass is 32.2. The second kappa shape index (κ2) is 6.14. The molecule has 1 rings (SSSR count). The van der Waals surface area contributed by atoms with Crippen LogP contribution in [0.1, 0.15) is 17.5 Å². The monoisotopic (exact) mass is 287 g/mol. The van der Waals surface area contributed by atoms with Gasteiger partial charge in [-0.25, -0.2) is 8.42 Å². The Morgan fingerprint density at radius 2 is 2.00 bits per heavy atom. The highest BCUT2D eigenvalue weighted by Crippen LogP contribution is 2.17. The molecule has 0 unspecified atom stereocenters. The summed E-state index contributed by atoms with van der Waals surface area (Å²) in [6.07, 6.45) is -0.181. The third kappa shape index (κ3) is 4.02. The van der Waals surface area contributed by atoms with Crippen LogP contribution in [-0.4, -0.2) is 37.2 Å². The third-order valence-corrected chi connectivity index (χ3v) is 4.26. The molecular weight excluding hydrogens is 270 g/mol. The number of rotatable bonds is 6. The zero-order valence-electron chi connectivity index (χ0n) is 10.8. The molecule has 0 saturated heterocycles. The van der Waals surface area contributed by atoms with Gasteiger partial charge in [-0.2, -0.15) is 4.72 Å². The van der Waals surface area contributed by atoms with E-state index in [1.165, 1.54) is 6.07 Å². The highest BCUT2D eigenvalue weighted by Gasteiger charge is 2.26. The molecule has 0 fully saturated rings. The van der Waals surface area contributed by atoms with E-state index in [0.29, 0.717) is 5.56 Å². The molecule has 7 heteroatoms. The van der Waals surface area contributed by atoms with Crippen molar-refractivity contribution in [3.63, 3.8) is 0 Å². The molecule has 0 saturated carbocycles. The number of sulfonamides is 1. The molecule has 0 amide bonds. The molecule has 6 nitrogen and oxygen atoms in total. The number of hydrogen-bond donors (Lipinski definition) is 3. The van der Waals surface area contributed by atoms with E-state index in [1.54, 1.807) is 26.0 Å². The first-order chi connectivity index (χ1) is 8.77. The van der Waals surface area contributed by atoms with Crippen LogP contribution in [0.2, 0.25) is 0 Å². The molecule has 106 valence electrons. The lowest BCUT2D eigenvalue weighted by atomic mass is 10.2. The summed E-state index contributed by atoms with van der Waals surface area (Å²) in [5, 5.41) is 17.7. The fraction of sp³-hybridized carbons (Fsp3) is 0.417. The van der Waals surface area contributed by atoms with Gasteiger partial charge in [-0.3, -0.25) is 4.79 Å². The number of carbonyl (C=O) groups is 1. The van der Waals surface area contributed by atoms with Crippen LogP contribution in [0.5, 0.6) is 0 Å². The zero-order chi connectivity index (χ0) is 14.6. The first kappa shape index (κ1) is 15.6. The molecule has 1 aromatic carbocycles. The van der Waals surface area contributed by atoms with E-state index in [0.717, 1.165) is 5.56 Å². The highest BCUT2D eigenvalue weighted by molar-refractivity contribution is 7.89. The molecule has 0 spiro atoms. The lowest BCUT2D eigenvalue weighted by molar-refractivity contribution is -0.139. The van der Waals surface area contributed by atoms with Crippen LogP contribution in [0, 0.1) is 13.8 Å². The molecule has 1 atom stereocenters. The number of carboxylic acids is 1. The molecule has 0 aliphatic rings. The summed E-state index contributed by atoms with van der Waals surface area (Å²) in [5.74, 6) is -1.32. The average Bonchev–Trinajstić information content (AvgIpc) is 2.31. The number of carboxylic acid groups (broad SMARTS) is 1. The lowest BCUT2D eigenvalue weighted by Crippen LogP contribution is -2.41. The summed E-state index contributed by atoms with van der Waals surface area (Å²) in [7, 11) is -3.92. The number of aliphatic carboxylic acids is 1. The number of hydrogen-bond acceptors (Lipinski definition) is 4. The zero-order valence-corrected chi connectivity index (χ0v) is 11.6. The van der Waals surface area contributed by atoms with Gasteiger partial charge in [0, 0.05) is 6.61 Å². The van der Waals surface area contributed by atoms with Crippen molar-refractivity contribution in [1.29, 1.82) is 0 Å². The van der Waals surface area contributed by atoms with Gasteiger partial charge in [0.2, 0.25) is 10.0 Å². The summed E-state index contributed by atoms with van der Waals surface area (Å²) >= 11 is 0. The van der Waals surface area contributed by atoms with E-state index in [-0.39, 0.29) is 11.3 Å². The van der Waals surface area contributed by atoms with Gasteiger partial charge < -0.3 is 10.2 Å². The SMILES string of the molecule is Cc1ccc(C)c(S(=O)(=O)N[C@@H](CCO)C(=O)O)c1. The Kier molecular flexibility index (Phi) is 5.04. The summed E-state index contributed by atoms with van der Waals surface area (Å²) in [6, 6.07) is 3.58. The molecule has 0 bridgehead atoms. The maximum absolute atomic E-state index is 12.1. The Bertz CT molecular complexity index is 567. The third-order valence-electron chi connectivity index (χ3n) is 2.65. The lowest BCUT2D eigenvalue weighted by Gasteiger charge is -2.15. The first-order valence-corrected chi connectivity index (χ1v) is 7.19. The Morgan fingerprint density at radius 3 is 2.53 bits per heavy atom. The van der Waals surface area contributed by atoms with Gasteiger partial charge in [-0.05, 0) is 37.5 Å². The van der Waals surface area contributed by atoms with E-state index in [4.69, 9.17) is 10.2 Å². The van der Waals surface area contributed by atoms with Gasteiger partial charge in [-0.1, -0.05) is 12.1 Å². The molecule has 1 aromatic rings. The van der Waals surface area contributed by atoms with E-state index in [9.17, 15) is 13.2 Å². The van der Waals surface area contributed by atoms with Crippen molar-refractivity contribution in [3.05, 3.63) is 29.3 Å². The Labute approximate surface area is 112 Å². The second-order valence-electron chi connectivity index (χ2n) is 4.29. The minimum absolute atomic E-state index is 0.0525. The number of benzene rings is 1. The molecular formula is C12H17NO5S. The van der Waals surface area contributed by atoms with Crippen molar-refractivity contribution in [1.82, 2.24) is 4.72 Å². The minimum Gasteiger partial charge on any atom is -0.480 e. The summed E-state index contributed by atoms with van der Waals surface area (Å²) in [4.78, 5) is 11.0. The van der Waals surface area contributed by atoms with Crippen LogP contribution < -0.4 is 4.72 Å². The smallest absolute Gasteiger partial charge is 0.321 e. The number of aryl methyl sites for hydroxylation is 2. The van der Waals surface area contributed by atoms with E-state index >= 15 is 0 Å². The predicted octanol–water partition coefficient (Wildman–Crippen LogP) is 0.417. The van der Waals surface area contributed by atoms with E-state index in [1.807, 2.05) is 0 Å². The first-order valence-electron chi connectivity index (χ1n) is 5.71. The number of aliphatic hydroxyl groups excluding tert-OH is 1. The number of aliphatic hydroxyl groups is 1. The van der Waals surface area contributed by atoms with Crippen LogP contribution >= 0.6 is 0 Å². The van der Waals surface area contributed by atoms with Crippen molar-refractivity contribution in [2.24, 2.45) is 0 Å². The van der Waals surface area contributed by atoms with Gasteiger partial charge in [0.15, 0.2) is 0 Å². The maximum Gasteiger partial charge on any atom is 0.321 e. The summed E-state index contributed by atoms with van der Waals surface area (Å²) < 4.78 is 26.4. The Hall–Kier alpha value is -1.44. The van der Waals surface area contributed by atoms with Crippen molar-refractivity contribution in [3.8, 4) is 0 Å². The fourth-order valence-electron chi connectivity index (χ4n) is 1.61. The van der Waals surface area contributed by atoms with Crippen LogP contribution in [0.3, 0.4) is 0 Å². The second-order valence-corrected chi connectivity index (χ2v) is 5.98. The van der Waals surface area contributed by atoms with Crippen molar-refractivity contribution < 1.29 is 23.4 Å². The molecule has 0 radical (unpaired) electrons. The Balaban J connectivity index is 3.10. The van der Waals surface area contributed by atoms with Crippen molar-refractivity contribution >= 4 is 16.0 Å². The van der Waals surface area contributed by atoms with Crippen LogP contribution in [-0.2, 0) is 14.8 Å². The summed E-state index contributed by atoms with van der Waals surface area (Å²) in [5.41, 5.74) is 1.30. The van der Waals surface area contributed by atoms with Gasteiger partial charge in [0.1, 0.15) is 6.04 Å². The summed E-state index contributed by atoms with van der Waals surface area (Å²) in [6.45, 7) is 2.98. The molecule has 0 aliphatic carbocycles. The van der Waals surface area contributed by atoms with Crippen LogP contribution in [0.4, 0.5) is 0 Å². The van der Waals surface area contributed by atoms with E-state index in [2.05, 4.69) is 4.72 Å². The molecule has 0 heterocycles. The minimum atomic E-state index is -3.92. The van der Waals surface area contributed by atoms with Gasteiger partial charge in [-0.15, -0.1) is 0 Å². The predicted molar refractivity (Wildman–Crippen MR) is 69.4 cm³/mol. The van der Waals surface area contributed by atoms with E-state index < -0.39 is 28.6 Å². The van der Waals surface area contributed by atoms with Crippen LogP contribution in [0.25, 0.3) is 0 Å². The fourth-order valence-corrected chi connectivity index (χ4v) is 3.16. The van der Waals surface area contributed by atoms with Crippen LogP contribution in [0.15, 0.2) is 23.1 Å². The van der Waals surface area contributed by atoms with Crippen molar-refractivity contribution in [2.45, 2.75) is 31.2 Å². The van der Waals surface area contributed by atoms with Gasteiger partial charge >= 0.3 is 5.97 Å². The molecule has 19 heavy (non-hydrogen) atoms. The van der Waals surface area contributed by atoms with Crippen molar-refractivity contribution in [2.75, 3.05) is 6.61 Å². The largest absolute Gasteiger partial charge is 0.480 e. The van der Waals surface area contributed by atoms with Gasteiger partial charge in [0.25, 0.3) is 0 Å². The number of nitrogens with one attached hydrogen (secondary N) is 1. The standard InChI is InChI=1S/C12H17NO5S/c1-8-3-4-9(2)11(7-8)19(17,18)13-10(5-6-14)12(15)16/h3-4,7,10,13-14H,5-6H2,1-2H3,(H,15,16)/t10-/m0/s1.